The first-order valence-electron chi connectivity index (χ1n) is 26.3. The van der Waals surface area contributed by atoms with Crippen molar-refractivity contribution in [2.45, 2.75) is 239 Å². The summed E-state index contributed by atoms with van der Waals surface area (Å²) < 4.78 is 16.8. The zero-order valence-electron chi connectivity index (χ0n) is 41.5. The Morgan fingerprint density at radius 1 is 0.328 bits per heavy atom. The quantitative estimate of drug-likeness (QED) is 0.0199. The number of hydrogen-bond donors (Lipinski definition) is 0. The van der Waals surface area contributed by atoms with Crippen LogP contribution in [0.25, 0.3) is 0 Å². The molecule has 0 saturated heterocycles. The van der Waals surface area contributed by atoms with Crippen molar-refractivity contribution in [3.8, 4) is 0 Å². The number of carbonyl (C=O) groups excluding carboxylic acids is 3. The third-order valence-corrected chi connectivity index (χ3v) is 11.0. The number of unbranched alkanes of at least 4 members (excludes halogenated alkanes) is 24. The molecule has 364 valence electrons. The van der Waals surface area contributed by atoms with Crippen molar-refractivity contribution in [2.24, 2.45) is 0 Å². The lowest BCUT2D eigenvalue weighted by Gasteiger charge is -2.18. The van der Waals surface area contributed by atoms with Crippen LogP contribution >= 0.6 is 0 Å². The molecule has 1 unspecified atom stereocenters. The van der Waals surface area contributed by atoms with Gasteiger partial charge in [-0.2, -0.15) is 0 Å². The summed E-state index contributed by atoms with van der Waals surface area (Å²) in [5, 5.41) is 0. The molecule has 6 heteroatoms. The second-order valence-corrected chi connectivity index (χ2v) is 17.2. The van der Waals surface area contributed by atoms with Crippen molar-refractivity contribution in [1.29, 1.82) is 0 Å². The van der Waals surface area contributed by atoms with Crippen LogP contribution in [0.4, 0.5) is 0 Å². The van der Waals surface area contributed by atoms with Crippen LogP contribution < -0.4 is 0 Å². The van der Waals surface area contributed by atoms with E-state index in [-0.39, 0.29) is 31.1 Å². The molecule has 0 aliphatic rings. The molecule has 0 bridgehead atoms. The molecule has 0 aliphatic carbocycles. The van der Waals surface area contributed by atoms with E-state index in [1.165, 1.54) is 96.3 Å². The lowest BCUT2D eigenvalue weighted by Crippen LogP contribution is -2.30. The molecular weight excluding hydrogens is 793 g/mol. The van der Waals surface area contributed by atoms with Gasteiger partial charge in [0.25, 0.3) is 0 Å². The van der Waals surface area contributed by atoms with Crippen LogP contribution in [0, 0.1) is 0 Å². The summed E-state index contributed by atoms with van der Waals surface area (Å²) in [6.07, 6.45) is 68.2. The Hall–Kier alpha value is -3.67. The molecule has 0 amide bonds. The minimum atomic E-state index is -0.804. The molecule has 1 atom stereocenters. The van der Waals surface area contributed by atoms with E-state index in [9.17, 15) is 14.4 Å². The minimum Gasteiger partial charge on any atom is -0.462 e. The summed E-state index contributed by atoms with van der Waals surface area (Å²) in [6, 6.07) is 0. The van der Waals surface area contributed by atoms with Gasteiger partial charge in [0.1, 0.15) is 13.2 Å². The maximum Gasteiger partial charge on any atom is 0.306 e. The van der Waals surface area contributed by atoms with Gasteiger partial charge in [-0.3, -0.25) is 14.4 Å². The number of hydrogen-bond acceptors (Lipinski definition) is 6. The Bertz CT molecular complexity index is 1300. The molecule has 0 aliphatic heterocycles. The summed E-state index contributed by atoms with van der Waals surface area (Å²) in [7, 11) is 0. The fourth-order valence-corrected chi connectivity index (χ4v) is 7.04. The number of rotatable bonds is 46. The van der Waals surface area contributed by atoms with Gasteiger partial charge in [-0.05, 0) is 83.5 Å². The van der Waals surface area contributed by atoms with Gasteiger partial charge in [-0.15, -0.1) is 0 Å². The molecule has 64 heavy (non-hydrogen) atoms. The lowest BCUT2D eigenvalue weighted by atomic mass is 10.1. The van der Waals surface area contributed by atoms with Crippen molar-refractivity contribution in [1.82, 2.24) is 0 Å². The second-order valence-electron chi connectivity index (χ2n) is 17.2. The molecule has 0 N–H and O–H groups in total. The third-order valence-electron chi connectivity index (χ3n) is 11.0. The van der Waals surface area contributed by atoms with Crippen molar-refractivity contribution in [3.05, 3.63) is 97.2 Å². The van der Waals surface area contributed by atoms with Crippen molar-refractivity contribution >= 4 is 17.9 Å². The summed E-state index contributed by atoms with van der Waals surface area (Å²) in [5.41, 5.74) is 0. The van der Waals surface area contributed by atoms with E-state index in [0.29, 0.717) is 19.3 Å². The van der Waals surface area contributed by atoms with Gasteiger partial charge in [-0.25, -0.2) is 0 Å². The molecule has 0 aromatic rings. The van der Waals surface area contributed by atoms with Gasteiger partial charge in [0, 0.05) is 19.3 Å². The molecule has 0 saturated carbocycles. The maximum atomic E-state index is 12.8. The smallest absolute Gasteiger partial charge is 0.306 e. The van der Waals surface area contributed by atoms with Crippen molar-refractivity contribution in [3.63, 3.8) is 0 Å². The van der Waals surface area contributed by atoms with Gasteiger partial charge < -0.3 is 14.2 Å². The Morgan fingerprint density at radius 2 is 0.625 bits per heavy atom. The van der Waals surface area contributed by atoms with E-state index >= 15 is 0 Å². The van der Waals surface area contributed by atoms with Gasteiger partial charge in [0.2, 0.25) is 0 Å². The highest BCUT2D eigenvalue weighted by Gasteiger charge is 2.19. The number of carbonyl (C=O) groups is 3. The normalized spacial score (nSPS) is 12.9. The lowest BCUT2D eigenvalue weighted by molar-refractivity contribution is -0.167. The summed E-state index contributed by atoms with van der Waals surface area (Å²) in [5.74, 6) is -0.963. The largest absolute Gasteiger partial charge is 0.462 e. The molecule has 0 aromatic carbocycles. The molecular formula is C58H96O6. The summed E-state index contributed by atoms with van der Waals surface area (Å²) >= 11 is 0. The first-order chi connectivity index (χ1) is 31.5. The van der Waals surface area contributed by atoms with Crippen molar-refractivity contribution < 1.29 is 28.6 Å². The second kappa shape index (κ2) is 52.0. The van der Waals surface area contributed by atoms with E-state index in [1.54, 1.807) is 0 Å². The number of esters is 3. The molecule has 6 nitrogen and oxygen atoms in total. The van der Waals surface area contributed by atoms with E-state index < -0.39 is 6.10 Å². The van der Waals surface area contributed by atoms with Gasteiger partial charge in [0.05, 0.1) is 0 Å². The summed E-state index contributed by atoms with van der Waals surface area (Å²) in [6.45, 7) is 6.31. The first-order valence-corrected chi connectivity index (χ1v) is 26.3. The van der Waals surface area contributed by atoms with E-state index in [1.807, 2.05) is 36.5 Å². The van der Waals surface area contributed by atoms with E-state index in [2.05, 4.69) is 81.5 Å². The highest BCUT2D eigenvalue weighted by atomic mass is 16.6. The van der Waals surface area contributed by atoms with Crippen LogP contribution in [0.1, 0.15) is 233 Å². The minimum absolute atomic E-state index is 0.101. The SMILES string of the molecule is CC\C=C/C=C\C=C/C=C\CCCCCC(=O)OCC(COC(=O)CCCCCCC/C=C\CCCCCCCCCCC)OC(=O)CCCCCCCCC\C=C/C=C\C=C/CC. The number of ether oxygens (including phenoxy) is 3. The van der Waals surface area contributed by atoms with Crippen LogP contribution in [0.3, 0.4) is 0 Å². The van der Waals surface area contributed by atoms with Gasteiger partial charge >= 0.3 is 17.9 Å². The molecule has 0 fully saturated rings. The van der Waals surface area contributed by atoms with Crippen LogP contribution in [0.2, 0.25) is 0 Å². The average molecular weight is 889 g/mol. The highest BCUT2D eigenvalue weighted by molar-refractivity contribution is 5.71. The van der Waals surface area contributed by atoms with Crippen LogP contribution in [0.5, 0.6) is 0 Å². The Kier molecular flexibility index (Phi) is 49.0. The summed E-state index contributed by atoms with van der Waals surface area (Å²) in [4.78, 5) is 38.0. The van der Waals surface area contributed by atoms with Gasteiger partial charge in [0.15, 0.2) is 6.10 Å². The third kappa shape index (κ3) is 49.3. The van der Waals surface area contributed by atoms with Crippen molar-refractivity contribution in [2.75, 3.05) is 13.2 Å². The van der Waals surface area contributed by atoms with Gasteiger partial charge in [-0.1, -0.05) is 227 Å². The zero-order valence-corrected chi connectivity index (χ0v) is 41.5. The highest BCUT2D eigenvalue weighted by Crippen LogP contribution is 2.14. The fraction of sp³-hybridized carbons (Fsp3) is 0.672. The molecule has 0 rings (SSSR count). The van der Waals surface area contributed by atoms with E-state index in [4.69, 9.17) is 14.2 Å². The van der Waals surface area contributed by atoms with Crippen LogP contribution in [0.15, 0.2) is 97.2 Å². The van der Waals surface area contributed by atoms with E-state index in [0.717, 1.165) is 96.3 Å². The standard InChI is InChI=1S/C58H96O6/c1-4-7-10-13-16-19-22-25-27-28-29-31-33-36-39-42-45-48-51-57(60)63-54-55(53-62-56(59)50-47-44-41-38-35-32-24-21-18-15-12-9-6-3)64-58(61)52-49-46-43-40-37-34-30-26-23-20-17-14-11-8-5-2/h8-9,11-12,14-15,17-18,20-21,23-24,29,31-32,35,55H,4-7,10,13,16,19,22,25-28,30,33-34,36-54H2,1-3H3/b11-8-,12-9-,17-14-,18-15-,23-20-,24-21-,31-29-,35-32-. The zero-order chi connectivity index (χ0) is 46.5. The first kappa shape index (κ1) is 60.3. The predicted octanol–water partition coefficient (Wildman–Crippen LogP) is 17.4. The molecule has 0 heterocycles. The molecule has 0 radical (unpaired) electrons. The predicted molar refractivity (Wildman–Crippen MR) is 274 cm³/mol. The Morgan fingerprint density at radius 3 is 1.02 bits per heavy atom. The fourth-order valence-electron chi connectivity index (χ4n) is 7.04. The Balaban J connectivity index is 4.45. The monoisotopic (exact) mass is 889 g/mol. The molecule has 0 aromatic heterocycles. The average Bonchev–Trinajstić information content (AvgIpc) is 3.29. The molecule has 0 spiro atoms. The van der Waals surface area contributed by atoms with Crippen LogP contribution in [-0.2, 0) is 28.6 Å². The number of allylic oxidation sites excluding steroid dienone is 16. The Labute approximate surface area is 394 Å². The van der Waals surface area contributed by atoms with Crippen LogP contribution in [-0.4, -0.2) is 37.2 Å². The maximum absolute atomic E-state index is 12.8. The topological polar surface area (TPSA) is 78.9 Å².